The Morgan fingerprint density at radius 2 is 1.90 bits per heavy atom. The van der Waals surface area contributed by atoms with Crippen LogP contribution in [0, 0.1) is 0 Å². The van der Waals surface area contributed by atoms with Crippen LogP contribution in [0.1, 0.15) is 19.3 Å². The Bertz CT molecular complexity index is 53.6. The summed E-state index contributed by atoms with van der Waals surface area (Å²) in [7, 11) is 0. The summed E-state index contributed by atoms with van der Waals surface area (Å²) >= 11 is 1.81. The molecule has 10 heavy (non-hydrogen) atoms. The zero-order valence-corrected chi connectivity index (χ0v) is 7.20. The number of aliphatic hydroxyl groups excluding tert-OH is 1. The molecule has 0 aromatic carbocycles. The highest BCUT2D eigenvalue weighted by Gasteiger charge is 1.88. The minimum Gasteiger partial charge on any atom is -0.396 e. The molecule has 3 N–H and O–H groups in total. The SMILES string of the molecule is NCCCCCSCCO. The van der Waals surface area contributed by atoms with E-state index in [0.717, 1.165) is 18.7 Å². The molecule has 0 amide bonds. The molecular formula is C7H17NOS. The lowest BCUT2D eigenvalue weighted by atomic mass is 10.2. The molecule has 0 saturated heterocycles. The Morgan fingerprint density at radius 3 is 2.50 bits per heavy atom. The van der Waals surface area contributed by atoms with Crippen LogP contribution < -0.4 is 5.73 Å². The summed E-state index contributed by atoms with van der Waals surface area (Å²) in [6, 6.07) is 0. The van der Waals surface area contributed by atoms with Crippen molar-refractivity contribution in [2.24, 2.45) is 5.73 Å². The second kappa shape index (κ2) is 9.27. The largest absolute Gasteiger partial charge is 0.396 e. The quantitative estimate of drug-likeness (QED) is 0.547. The van der Waals surface area contributed by atoms with Crippen LogP contribution in [0.25, 0.3) is 0 Å². The lowest BCUT2D eigenvalue weighted by molar-refractivity contribution is 0.322. The first-order chi connectivity index (χ1) is 4.91. The summed E-state index contributed by atoms with van der Waals surface area (Å²) in [5.74, 6) is 2.04. The number of rotatable bonds is 7. The Hall–Kier alpha value is 0.270. The summed E-state index contributed by atoms with van der Waals surface area (Å²) < 4.78 is 0. The maximum atomic E-state index is 8.43. The number of thioether (sulfide) groups is 1. The Balaban J connectivity index is 2.65. The molecule has 62 valence electrons. The van der Waals surface area contributed by atoms with Gasteiger partial charge in [-0.25, -0.2) is 0 Å². The highest BCUT2D eigenvalue weighted by Crippen LogP contribution is 2.04. The Labute approximate surface area is 67.2 Å². The molecule has 3 heteroatoms. The third-order valence-corrected chi connectivity index (χ3v) is 2.28. The molecule has 0 atom stereocenters. The molecule has 0 aliphatic heterocycles. The smallest absolute Gasteiger partial charge is 0.0521 e. The van der Waals surface area contributed by atoms with E-state index < -0.39 is 0 Å². The van der Waals surface area contributed by atoms with Crippen LogP contribution in [0.2, 0.25) is 0 Å². The van der Waals surface area contributed by atoms with Crippen LogP contribution in [0.4, 0.5) is 0 Å². The van der Waals surface area contributed by atoms with Crippen molar-refractivity contribution in [3.8, 4) is 0 Å². The van der Waals surface area contributed by atoms with E-state index in [-0.39, 0.29) is 0 Å². The predicted molar refractivity (Wildman–Crippen MR) is 47.3 cm³/mol. The van der Waals surface area contributed by atoms with E-state index in [0.29, 0.717) is 6.61 Å². The molecule has 0 spiro atoms. The van der Waals surface area contributed by atoms with Gasteiger partial charge in [-0.2, -0.15) is 11.8 Å². The fourth-order valence-corrected chi connectivity index (χ4v) is 1.43. The molecule has 0 heterocycles. The summed E-state index contributed by atoms with van der Waals surface area (Å²) in [6.45, 7) is 1.12. The first-order valence-electron chi connectivity index (χ1n) is 3.80. The highest BCUT2D eigenvalue weighted by atomic mass is 32.2. The van der Waals surface area contributed by atoms with Crippen LogP contribution in [-0.4, -0.2) is 29.8 Å². The van der Waals surface area contributed by atoms with Gasteiger partial charge >= 0.3 is 0 Å². The Kier molecular flexibility index (Phi) is 9.52. The fourth-order valence-electron chi connectivity index (χ4n) is 0.692. The number of unbranched alkanes of at least 4 members (excludes halogenated alkanes) is 2. The van der Waals surface area contributed by atoms with Crippen LogP contribution in [0.5, 0.6) is 0 Å². The van der Waals surface area contributed by atoms with Crippen LogP contribution in [0.3, 0.4) is 0 Å². The van der Waals surface area contributed by atoms with Gasteiger partial charge in [0.05, 0.1) is 6.61 Å². The molecule has 0 saturated carbocycles. The average molecular weight is 163 g/mol. The van der Waals surface area contributed by atoms with E-state index in [1.807, 2.05) is 11.8 Å². The van der Waals surface area contributed by atoms with Crippen molar-refractivity contribution in [3.05, 3.63) is 0 Å². The summed E-state index contributed by atoms with van der Waals surface area (Å²) in [6.07, 6.45) is 3.61. The molecule has 0 unspecified atom stereocenters. The van der Waals surface area contributed by atoms with Crippen molar-refractivity contribution in [1.82, 2.24) is 0 Å². The lowest BCUT2D eigenvalue weighted by Gasteiger charge is -1.97. The molecule has 2 nitrogen and oxygen atoms in total. The third-order valence-electron chi connectivity index (χ3n) is 1.23. The van der Waals surface area contributed by atoms with Crippen LogP contribution in [-0.2, 0) is 0 Å². The summed E-state index contributed by atoms with van der Waals surface area (Å²) in [4.78, 5) is 0. The minimum atomic E-state index is 0.307. The van der Waals surface area contributed by atoms with Gasteiger partial charge in [-0.15, -0.1) is 0 Å². The van der Waals surface area contributed by atoms with Gasteiger partial charge in [0, 0.05) is 5.75 Å². The van der Waals surface area contributed by atoms with Gasteiger partial charge in [-0.05, 0) is 25.1 Å². The van der Waals surface area contributed by atoms with Crippen molar-refractivity contribution in [3.63, 3.8) is 0 Å². The summed E-state index contributed by atoms with van der Waals surface area (Å²) in [5, 5.41) is 8.43. The summed E-state index contributed by atoms with van der Waals surface area (Å²) in [5.41, 5.74) is 5.32. The first kappa shape index (κ1) is 10.3. The fraction of sp³-hybridized carbons (Fsp3) is 1.00. The van der Waals surface area contributed by atoms with Crippen molar-refractivity contribution in [2.45, 2.75) is 19.3 Å². The zero-order valence-electron chi connectivity index (χ0n) is 6.38. The van der Waals surface area contributed by atoms with Gasteiger partial charge in [-0.3, -0.25) is 0 Å². The van der Waals surface area contributed by atoms with Crippen molar-refractivity contribution >= 4 is 11.8 Å². The lowest BCUT2D eigenvalue weighted by Crippen LogP contribution is -1.98. The maximum Gasteiger partial charge on any atom is 0.0521 e. The molecule has 0 aliphatic rings. The van der Waals surface area contributed by atoms with Crippen molar-refractivity contribution in [2.75, 3.05) is 24.7 Å². The molecular weight excluding hydrogens is 146 g/mol. The maximum absolute atomic E-state index is 8.43. The number of aliphatic hydroxyl groups is 1. The molecule has 0 aromatic heterocycles. The molecule has 0 fully saturated rings. The van der Waals surface area contributed by atoms with E-state index in [1.165, 1.54) is 18.6 Å². The molecule has 0 rings (SSSR count). The first-order valence-corrected chi connectivity index (χ1v) is 4.96. The van der Waals surface area contributed by atoms with Gasteiger partial charge < -0.3 is 10.8 Å². The number of nitrogens with two attached hydrogens (primary N) is 1. The third kappa shape index (κ3) is 8.27. The van der Waals surface area contributed by atoms with Gasteiger partial charge in [0.15, 0.2) is 0 Å². The standard InChI is InChI=1S/C7H17NOS/c8-4-2-1-3-6-10-7-5-9/h9H,1-8H2. The van der Waals surface area contributed by atoms with Crippen molar-refractivity contribution in [1.29, 1.82) is 0 Å². The number of hydrogen-bond acceptors (Lipinski definition) is 3. The molecule has 0 radical (unpaired) electrons. The zero-order chi connectivity index (χ0) is 7.66. The Morgan fingerprint density at radius 1 is 1.10 bits per heavy atom. The van der Waals surface area contributed by atoms with E-state index in [9.17, 15) is 0 Å². The van der Waals surface area contributed by atoms with Gasteiger partial charge in [0.25, 0.3) is 0 Å². The molecule has 0 aromatic rings. The van der Waals surface area contributed by atoms with E-state index in [4.69, 9.17) is 10.8 Å². The topological polar surface area (TPSA) is 46.2 Å². The second-order valence-corrected chi connectivity index (χ2v) is 3.41. The van der Waals surface area contributed by atoms with Crippen molar-refractivity contribution < 1.29 is 5.11 Å². The van der Waals surface area contributed by atoms with Crippen LogP contribution >= 0.6 is 11.8 Å². The van der Waals surface area contributed by atoms with Gasteiger partial charge in [-0.1, -0.05) is 6.42 Å². The average Bonchev–Trinajstić information content (AvgIpc) is 1.97. The van der Waals surface area contributed by atoms with Crippen LogP contribution in [0.15, 0.2) is 0 Å². The minimum absolute atomic E-state index is 0.307. The monoisotopic (exact) mass is 163 g/mol. The number of hydrogen-bond donors (Lipinski definition) is 2. The highest BCUT2D eigenvalue weighted by molar-refractivity contribution is 7.99. The van der Waals surface area contributed by atoms with Gasteiger partial charge in [0.1, 0.15) is 0 Å². The molecule has 0 aliphatic carbocycles. The van der Waals surface area contributed by atoms with E-state index in [1.54, 1.807) is 0 Å². The van der Waals surface area contributed by atoms with E-state index >= 15 is 0 Å². The van der Waals surface area contributed by atoms with Gasteiger partial charge in [0.2, 0.25) is 0 Å². The predicted octanol–water partition coefficient (Wildman–Crippen LogP) is 0.841. The second-order valence-electron chi connectivity index (χ2n) is 2.19. The van der Waals surface area contributed by atoms with E-state index in [2.05, 4.69) is 0 Å². The molecule has 0 bridgehead atoms. The normalized spacial score (nSPS) is 10.2.